The fourth-order valence-corrected chi connectivity index (χ4v) is 4.34. The highest BCUT2D eigenvalue weighted by molar-refractivity contribution is 5.79. The van der Waals surface area contributed by atoms with E-state index in [4.69, 9.17) is 4.74 Å². The van der Waals surface area contributed by atoms with Crippen LogP contribution in [-0.4, -0.2) is 49.1 Å². The lowest BCUT2D eigenvalue weighted by molar-refractivity contribution is 0.0936. The molecule has 1 aromatic carbocycles. The second-order valence-corrected chi connectivity index (χ2v) is 7.09. The molecular weight excluding hydrogens is 302 g/mol. The van der Waals surface area contributed by atoms with Gasteiger partial charge in [0, 0.05) is 24.8 Å². The zero-order valence-electron chi connectivity index (χ0n) is 14.3. The molecule has 5 nitrogen and oxygen atoms in total. The number of hydrogen-bond donors (Lipinski definition) is 1. The van der Waals surface area contributed by atoms with Gasteiger partial charge in [-0.15, -0.1) is 0 Å². The lowest BCUT2D eigenvalue weighted by atomic mass is 9.82. The van der Waals surface area contributed by atoms with Gasteiger partial charge in [0.25, 0.3) is 0 Å². The van der Waals surface area contributed by atoms with Crippen LogP contribution in [0.1, 0.15) is 30.0 Å². The quantitative estimate of drug-likeness (QED) is 0.928. The van der Waals surface area contributed by atoms with Crippen LogP contribution in [0.2, 0.25) is 0 Å². The van der Waals surface area contributed by atoms with E-state index in [0.29, 0.717) is 18.5 Å². The molecule has 0 aromatic heterocycles. The standard InChI is InChI=1S/C19H25N3O2/c1-13-11-20-19(23)22(13)12-14-5-7-21-8-6-15-10-16(24-2)3-4-17(15)18(21)9-14/h3-4,10,14,18H,1,5-9,11-12H2,2H3,(H,20,23)/t14-,18-/m1/s1. The van der Waals surface area contributed by atoms with Crippen molar-refractivity contribution in [1.82, 2.24) is 15.1 Å². The first-order valence-electron chi connectivity index (χ1n) is 8.79. The van der Waals surface area contributed by atoms with Crippen LogP contribution in [0.15, 0.2) is 30.5 Å². The van der Waals surface area contributed by atoms with Crippen molar-refractivity contribution in [2.45, 2.75) is 25.3 Å². The number of ether oxygens (including phenoxy) is 1. The first kappa shape index (κ1) is 15.5. The molecule has 5 heteroatoms. The third kappa shape index (κ3) is 2.67. The minimum Gasteiger partial charge on any atom is -0.497 e. The number of rotatable bonds is 3. The Bertz CT molecular complexity index is 657. The molecule has 2 fully saturated rings. The average Bonchev–Trinajstić information content (AvgIpc) is 2.93. The van der Waals surface area contributed by atoms with Gasteiger partial charge in [-0.3, -0.25) is 9.80 Å². The van der Waals surface area contributed by atoms with Crippen LogP contribution < -0.4 is 10.1 Å². The van der Waals surface area contributed by atoms with Gasteiger partial charge in [0.05, 0.1) is 13.7 Å². The molecule has 0 aliphatic carbocycles. The Morgan fingerprint density at radius 1 is 1.38 bits per heavy atom. The Labute approximate surface area is 143 Å². The number of urea groups is 1. The normalized spacial score (nSPS) is 26.8. The molecule has 0 spiro atoms. The monoisotopic (exact) mass is 327 g/mol. The van der Waals surface area contributed by atoms with Gasteiger partial charge in [0.1, 0.15) is 5.75 Å². The summed E-state index contributed by atoms with van der Waals surface area (Å²) < 4.78 is 5.38. The van der Waals surface area contributed by atoms with E-state index in [9.17, 15) is 4.79 Å². The van der Waals surface area contributed by atoms with E-state index in [2.05, 4.69) is 35.0 Å². The van der Waals surface area contributed by atoms with Crippen LogP contribution in [-0.2, 0) is 6.42 Å². The van der Waals surface area contributed by atoms with Gasteiger partial charge >= 0.3 is 6.03 Å². The highest BCUT2D eigenvalue weighted by atomic mass is 16.5. The summed E-state index contributed by atoms with van der Waals surface area (Å²) >= 11 is 0. The molecule has 4 rings (SSSR count). The summed E-state index contributed by atoms with van der Waals surface area (Å²) in [6.45, 7) is 7.62. The van der Waals surface area contributed by atoms with Crippen LogP contribution in [0.4, 0.5) is 4.79 Å². The zero-order valence-corrected chi connectivity index (χ0v) is 14.3. The van der Waals surface area contributed by atoms with Crippen molar-refractivity contribution in [3.63, 3.8) is 0 Å². The van der Waals surface area contributed by atoms with Gasteiger partial charge in [0.2, 0.25) is 0 Å². The van der Waals surface area contributed by atoms with Gasteiger partial charge in [-0.25, -0.2) is 4.79 Å². The smallest absolute Gasteiger partial charge is 0.321 e. The number of hydrogen-bond acceptors (Lipinski definition) is 3. The van der Waals surface area contributed by atoms with Crippen molar-refractivity contribution < 1.29 is 9.53 Å². The minimum atomic E-state index is 0.0104. The number of carbonyl (C=O) groups is 1. The first-order valence-corrected chi connectivity index (χ1v) is 8.79. The number of nitrogens with zero attached hydrogens (tertiary/aromatic N) is 2. The fourth-order valence-electron chi connectivity index (χ4n) is 4.34. The molecule has 0 saturated carbocycles. The number of fused-ring (bicyclic) bond motifs is 3. The minimum absolute atomic E-state index is 0.0104. The maximum atomic E-state index is 11.9. The summed E-state index contributed by atoms with van der Waals surface area (Å²) in [5.41, 5.74) is 3.76. The third-order valence-corrected chi connectivity index (χ3v) is 5.71. The van der Waals surface area contributed by atoms with Crippen LogP contribution in [0.3, 0.4) is 0 Å². The number of methoxy groups -OCH3 is 1. The highest BCUT2D eigenvalue weighted by Gasteiger charge is 2.35. The second kappa shape index (κ2) is 6.13. The summed E-state index contributed by atoms with van der Waals surface area (Å²) in [5.74, 6) is 1.47. The molecule has 3 aliphatic heterocycles. The van der Waals surface area contributed by atoms with Crippen molar-refractivity contribution in [3.05, 3.63) is 41.6 Å². The number of piperidine rings is 1. The number of carbonyl (C=O) groups excluding carboxylic acids is 1. The Balaban J connectivity index is 1.51. The molecule has 2 saturated heterocycles. The van der Waals surface area contributed by atoms with Crippen LogP contribution in [0.5, 0.6) is 5.75 Å². The summed E-state index contributed by atoms with van der Waals surface area (Å²) in [6.07, 6.45) is 3.36. The SMILES string of the molecule is C=C1CNC(=O)N1C[C@@H]1CCN2CCc3cc(OC)ccc3[C@H]2C1. The molecule has 1 aromatic rings. The number of nitrogens with one attached hydrogen (secondary N) is 1. The number of benzene rings is 1. The van der Waals surface area contributed by atoms with Crippen molar-refractivity contribution in [2.75, 3.05) is 33.3 Å². The van der Waals surface area contributed by atoms with Gasteiger partial charge < -0.3 is 10.1 Å². The van der Waals surface area contributed by atoms with E-state index in [-0.39, 0.29) is 6.03 Å². The van der Waals surface area contributed by atoms with E-state index in [1.165, 1.54) is 11.1 Å². The van der Waals surface area contributed by atoms with Crippen LogP contribution in [0.25, 0.3) is 0 Å². The lowest BCUT2D eigenvalue weighted by Gasteiger charge is -2.44. The number of amides is 2. The predicted octanol–water partition coefficient (Wildman–Crippen LogP) is 2.54. The van der Waals surface area contributed by atoms with E-state index in [0.717, 1.165) is 50.3 Å². The molecule has 3 heterocycles. The van der Waals surface area contributed by atoms with E-state index in [1.807, 2.05) is 4.90 Å². The Morgan fingerprint density at radius 2 is 2.25 bits per heavy atom. The van der Waals surface area contributed by atoms with Gasteiger partial charge in [-0.2, -0.15) is 0 Å². The molecule has 128 valence electrons. The molecule has 0 bridgehead atoms. The predicted molar refractivity (Wildman–Crippen MR) is 93.0 cm³/mol. The second-order valence-electron chi connectivity index (χ2n) is 7.09. The van der Waals surface area contributed by atoms with E-state index >= 15 is 0 Å². The summed E-state index contributed by atoms with van der Waals surface area (Å²) in [6, 6.07) is 6.97. The fraction of sp³-hybridized carbons (Fsp3) is 0.526. The summed E-state index contributed by atoms with van der Waals surface area (Å²) in [7, 11) is 1.72. The van der Waals surface area contributed by atoms with Crippen molar-refractivity contribution in [1.29, 1.82) is 0 Å². The van der Waals surface area contributed by atoms with Crippen molar-refractivity contribution >= 4 is 6.03 Å². The van der Waals surface area contributed by atoms with E-state index in [1.54, 1.807) is 7.11 Å². The third-order valence-electron chi connectivity index (χ3n) is 5.71. The van der Waals surface area contributed by atoms with Crippen molar-refractivity contribution in [2.24, 2.45) is 5.92 Å². The topological polar surface area (TPSA) is 44.8 Å². The maximum Gasteiger partial charge on any atom is 0.321 e. The summed E-state index contributed by atoms with van der Waals surface area (Å²) in [5, 5.41) is 2.86. The van der Waals surface area contributed by atoms with Gasteiger partial charge in [0.15, 0.2) is 0 Å². The van der Waals surface area contributed by atoms with Gasteiger partial charge in [-0.05, 0) is 55.0 Å². The van der Waals surface area contributed by atoms with E-state index < -0.39 is 0 Å². The van der Waals surface area contributed by atoms with Gasteiger partial charge in [-0.1, -0.05) is 12.6 Å². The molecular formula is C19H25N3O2. The molecule has 0 radical (unpaired) electrons. The maximum absolute atomic E-state index is 11.9. The zero-order chi connectivity index (χ0) is 16.7. The molecule has 1 N–H and O–H groups in total. The highest BCUT2D eigenvalue weighted by Crippen LogP contribution is 2.40. The first-order chi connectivity index (χ1) is 11.7. The Morgan fingerprint density at radius 3 is 3.00 bits per heavy atom. The van der Waals surface area contributed by atoms with Crippen molar-refractivity contribution in [3.8, 4) is 5.75 Å². The molecule has 3 aliphatic rings. The Kier molecular flexibility index (Phi) is 3.96. The Hall–Kier alpha value is -2.01. The van der Waals surface area contributed by atoms with Crippen LogP contribution >= 0.6 is 0 Å². The molecule has 0 unspecified atom stereocenters. The molecule has 24 heavy (non-hydrogen) atoms. The average molecular weight is 327 g/mol. The summed E-state index contributed by atoms with van der Waals surface area (Å²) in [4.78, 5) is 16.4. The lowest BCUT2D eigenvalue weighted by Crippen LogP contribution is -2.44. The largest absolute Gasteiger partial charge is 0.497 e. The molecule has 2 amide bonds. The van der Waals surface area contributed by atoms with Crippen LogP contribution in [0, 0.1) is 5.92 Å². The molecule has 2 atom stereocenters.